The molecule has 1 aliphatic carbocycles. The van der Waals surface area contributed by atoms with Crippen LogP contribution in [0.1, 0.15) is 38.7 Å². The molecule has 0 amide bonds. The van der Waals surface area contributed by atoms with Gasteiger partial charge in [-0.25, -0.2) is 0 Å². The molecular formula is C13H18O. The lowest BCUT2D eigenvalue weighted by molar-refractivity contribution is 0.523. The second-order valence-corrected chi connectivity index (χ2v) is 4.46. The molecule has 0 atom stereocenters. The predicted molar refractivity (Wildman–Crippen MR) is 59.3 cm³/mol. The fourth-order valence-electron chi connectivity index (χ4n) is 1.89. The van der Waals surface area contributed by atoms with E-state index in [1.54, 1.807) is 0 Å². The molecule has 0 spiro atoms. The standard InChI is InChI=1S/C13H18O/c1-10(2)7-8-11-9-14-13-6-4-3-5-12(11)13/h5-6,9-10H,3-4,7-8H2,1-2H3. The van der Waals surface area contributed by atoms with Crippen molar-refractivity contribution >= 4 is 12.2 Å². The summed E-state index contributed by atoms with van der Waals surface area (Å²) in [5.41, 5.74) is 2.49. The van der Waals surface area contributed by atoms with Crippen molar-refractivity contribution in [1.82, 2.24) is 0 Å². The van der Waals surface area contributed by atoms with E-state index in [-0.39, 0.29) is 0 Å². The molecule has 14 heavy (non-hydrogen) atoms. The Morgan fingerprint density at radius 2 is 2.07 bits per heavy atom. The second-order valence-electron chi connectivity index (χ2n) is 4.46. The maximum Gasteiger partial charge on any atom is 0.129 e. The first-order valence-corrected chi connectivity index (χ1v) is 5.54. The summed E-state index contributed by atoms with van der Waals surface area (Å²) in [6.45, 7) is 4.53. The molecule has 1 aromatic rings. The van der Waals surface area contributed by atoms with Crippen LogP contribution in [0.3, 0.4) is 0 Å². The minimum absolute atomic E-state index is 0.771. The van der Waals surface area contributed by atoms with Crippen molar-refractivity contribution < 1.29 is 4.42 Å². The fraction of sp³-hybridized carbons (Fsp3) is 0.538. The number of furan rings is 1. The first kappa shape index (κ1) is 9.57. The zero-order chi connectivity index (χ0) is 9.97. The Kier molecular flexibility index (Phi) is 2.76. The normalized spacial score (nSPS) is 14.8. The molecule has 0 bridgehead atoms. The molecule has 1 nitrogen and oxygen atoms in total. The lowest BCUT2D eigenvalue weighted by atomic mass is 10.0. The molecule has 76 valence electrons. The Morgan fingerprint density at radius 3 is 2.86 bits per heavy atom. The molecule has 1 aromatic heterocycles. The third kappa shape index (κ3) is 1.92. The van der Waals surface area contributed by atoms with Gasteiger partial charge in [0.1, 0.15) is 5.42 Å². The number of hydrogen-bond donors (Lipinski definition) is 0. The summed E-state index contributed by atoms with van der Waals surface area (Å²) < 4.78 is 5.53. The van der Waals surface area contributed by atoms with Crippen LogP contribution in [0, 0.1) is 5.92 Å². The zero-order valence-corrected chi connectivity index (χ0v) is 9.05. The molecule has 0 aromatic carbocycles. The molecule has 0 fully saturated rings. The predicted octanol–water partition coefficient (Wildman–Crippen LogP) is 2.22. The molecule has 0 radical (unpaired) electrons. The van der Waals surface area contributed by atoms with Gasteiger partial charge in [0.2, 0.25) is 0 Å². The third-order valence-electron chi connectivity index (χ3n) is 2.78. The smallest absolute Gasteiger partial charge is 0.129 e. The van der Waals surface area contributed by atoms with Crippen molar-refractivity contribution in [3.63, 3.8) is 0 Å². The van der Waals surface area contributed by atoms with Gasteiger partial charge in [-0.3, -0.25) is 0 Å². The maximum absolute atomic E-state index is 5.53. The van der Waals surface area contributed by atoms with E-state index in [2.05, 4.69) is 26.0 Å². The van der Waals surface area contributed by atoms with Crippen molar-refractivity contribution in [2.24, 2.45) is 5.92 Å². The highest BCUT2D eigenvalue weighted by Gasteiger charge is 2.05. The average Bonchev–Trinajstić information content (AvgIpc) is 2.58. The Balaban J connectivity index is 2.24. The minimum atomic E-state index is 0.771. The quantitative estimate of drug-likeness (QED) is 0.712. The van der Waals surface area contributed by atoms with Crippen molar-refractivity contribution in [3.05, 3.63) is 22.5 Å². The molecule has 1 heterocycles. The van der Waals surface area contributed by atoms with Crippen molar-refractivity contribution in [1.29, 1.82) is 0 Å². The molecule has 0 aliphatic heterocycles. The molecule has 2 rings (SSSR count). The second kappa shape index (κ2) is 4.04. The topological polar surface area (TPSA) is 13.1 Å². The number of fused-ring (bicyclic) bond motifs is 1. The third-order valence-corrected chi connectivity index (χ3v) is 2.78. The van der Waals surface area contributed by atoms with E-state index in [4.69, 9.17) is 4.42 Å². The van der Waals surface area contributed by atoms with Crippen LogP contribution in [-0.2, 0) is 6.42 Å². The molecular weight excluding hydrogens is 172 g/mol. The van der Waals surface area contributed by atoms with Crippen LogP contribution in [0.2, 0.25) is 0 Å². The zero-order valence-electron chi connectivity index (χ0n) is 9.05. The van der Waals surface area contributed by atoms with Gasteiger partial charge in [-0.2, -0.15) is 0 Å². The van der Waals surface area contributed by atoms with E-state index in [9.17, 15) is 0 Å². The summed E-state index contributed by atoms with van der Waals surface area (Å²) in [4.78, 5) is 0. The van der Waals surface area contributed by atoms with Crippen LogP contribution >= 0.6 is 0 Å². The molecule has 0 saturated carbocycles. The van der Waals surface area contributed by atoms with Crippen LogP contribution in [0.15, 0.2) is 10.7 Å². The van der Waals surface area contributed by atoms with Gasteiger partial charge >= 0.3 is 0 Å². The SMILES string of the molecule is CC(C)CCc1coc2c1=CCCC=2. The van der Waals surface area contributed by atoms with Crippen LogP contribution in [0.4, 0.5) is 0 Å². The largest absolute Gasteiger partial charge is 0.464 e. The number of rotatable bonds is 3. The van der Waals surface area contributed by atoms with Crippen LogP contribution < -0.4 is 10.6 Å². The van der Waals surface area contributed by atoms with Gasteiger partial charge in [0.25, 0.3) is 0 Å². The summed E-state index contributed by atoms with van der Waals surface area (Å²) in [5, 5.41) is 1.36. The number of aryl methyl sites for hydroxylation is 1. The highest BCUT2D eigenvalue weighted by Crippen LogP contribution is 2.06. The van der Waals surface area contributed by atoms with Gasteiger partial charge in [0.05, 0.1) is 6.26 Å². The van der Waals surface area contributed by atoms with E-state index < -0.39 is 0 Å². The highest BCUT2D eigenvalue weighted by atomic mass is 16.3. The van der Waals surface area contributed by atoms with Gasteiger partial charge in [-0.1, -0.05) is 19.9 Å². The van der Waals surface area contributed by atoms with E-state index in [0.29, 0.717) is 0 Å². The Labute approximate surface area is 85.1 Å². The first-order chi connectivity index (χ1) is 6.77. The van der Waals surface area contributed by atoms with E-state index in [0.717, 1.165) is 24.2 Å². The first-order valence-electron chi connectivity index (χ1n) is 5.54. The molecule has 0 saturated heterocycles. The number of hydrogen-bond acceptors (Lipinski definition) is 1. The molecule has 1 aliphatic rings. The van der Waals surface area contributed by atoms with Gasteiger partial charge < -0.3 is 4.42 Å². The van der Waals surface area contributed by atoms with Gasteiger partial charge in [0.15, 0.2) is 0 Å². The molecule has 1 heteroatoms. The summed E-state index contributed by atoms with van der Waals surface area (Å²) in [6.07, 6.45) is 11.2. The summed E-state index contributed by atoms with van der Waals surface area (Å²) >= 11 is 0. The van der Waals surface area contributed by atoms with E-state index in [1.807, 2.05) is 6.26 Å². The van der Waals surface area contributed by atoms with Crippen LogP contribution in [-0.4, -0.2) is 0 Å². The van der Waals surface area contributed by atoms with Gasteiger partial charge in [0, 0.05) is 5.22 Å². The van der Waals surface area contributed by atoms with Crippen LogP contribution in [0.25, 0.3) is 12.2 Å². The average molecular weight is 190 g/mol. The summed E-state index contributed by atoms with van der Waals surface area (Å²) in [5.74, 6) is 0.771. The minimum Gasteiger partial charge on any atom is -0.464 e. The van der Waals surface area contributed by atoms with Crippen LogP contribution in [0.5, 0.6) is 0 Å². The molecule has 0 N–H and O–H groups in total. The lowest BCUT2D eigenvalue weighted by Crippen LogP contribution is -2.25. The summed E-state index contributed by atoms with van der Waals surface area (Å²) in [6, 6.07) is 0. The fourth-order valence-corrected chi connectivity index (χ4v) is 1.89. The Morgan fingerprint density at radius 1 is 1.29 bits per heavy atom. The van der Waals surface area contributed by atoms with Crippen molar-refractivity contribution in [2.45, 2.75) is 39.5 Å². The van der Waals surface area contributed by atoms with E-state index >= 15 is 0 Å². The Bertz CT molecular complexity index is 409. The van der Waals surface area contributed by atoms with Gasteiger partial charge in [-0.05, 0) is 43.2 Å². The lowest BCUT2D eigenvalue weighted by Gasteiger charge is -2.02. The van der Waals surface area contributed by atoms with E-state index in [1.165, 1.54) is 23.6 Å². The highest BCUT2D eigenvalue weighted by molar-refractivity contribution is 5.37. The monoisotopic (exact) mass is 190 g/mol. The van der Waals surface area contributed by atoms with Crippen molar-refractivity contribution in [2.75, 3.05) is 0 Å². The summed E-state index contributed by atoms with van der Waals surface area (Å²) in [7, 11) is 0. The maximum atomic E-state index is 5.53. The molecule has 0 unspecified atom stereocenters. The Hall–Kier alpha value is -0.980. The van der Waals surface area contributed by atoms with Gasteiger partial charge in [-0.15, -0.1) is 0 Å². The van der Waals surface area contributed by atoms with Crippen molar-refractivity contribution in [3.8, 4) is 0 Å².